The highest BCUT2D eigenvalue weighted by atomic mass is 16.5. The molecule has 4 nitrogen and oxygen atoms in total. The van der Waals surface area contributed by atoms with Gasteiger partial charge in [0, 0.05) is 30.3 Å². The van der Waals surface area contributed by atoms with Gasteiger partial charge in [0.25, 0.3) is 0 Å². The average Bonchev–Trinajstić information content (AvgIpc) is 2.47. The van der Waals surface area contributed by atoms with Crippen molar-refractivity contribution in [3.63, 3.8) is 0 Å². The summed E-state index contributed by atoms with van der Waals surface area (Å²) >= 11 is 0. The lowest BCUT2D eigenvalue weighted by atomic mass is 9.92. The first-order chi connectivity index (χ1) is 9.34. The van der Waals surface area contributed by atoms with E-state index in [0.717, 1.165) is 24.6 Å². The fourth-order valence-electron chi connectivity index (χ4n) is 2.45. The van der Waals surface area contributed by atoms with E-state index >= 15 is 0 Å². The molecule has 1 aliphatic rings. The summed E-state index contributed by atoms with van der Waals surface area (Å²) in [6.45, 7) is 3.66. The van der Waals surface area contributed by atoms with Gasteiger partial charge in [-0.25, -0.2) is 0 Å². The predicted molar refractivity (Wildman–Crippen MR) is 72.7 cm³/mol. The van der Waals surface area contributed by atoms with Crippen LogP contribution in [-0.2, 0) is 6.54 Å². The zero-order valence-electron chi connectivity index (χ0n) is 10.9. The molecule has 98 valence electrons. The second-order valence-corrected chi connectivity index (χ2v) is 4.90. The molecule has 2 aromatic rings. The van der Waals surface area contributed by atoms with Crippen LogP contribution in [0.5, 0.6) is 5.75 Å². The van der Waals surface area contributed by atoms with E-state index in [0.29, 0.717) is 12.0 Å². The largest absolute Gasteiger partial charge is 0.493 e. The van der Waals surface area contributed by atoms with Crippen LogP contribution in [0.1, 0.15) is 24.2 Å². The third-order valence-corrected chi connectivity index (χ3v) is 3.46. The molecule has 0 radical (unpaired) electrons. The number of aromatic nitrogens is 2. The first-order valence-corrected chi connectivity index (χ1v) is 6.56. The van der Waals surface area contributed by atoms with Crippen molar-refractivity contribution in [2.45, 2.75) is 19.5 Å². The molecule has 0 amide bonds. The van der Waals surface area contributed by atoms with E-state index in [1.54, 1.807) is 6.20 Å². The van der Waals surface area contributed by atoms with Crippen LogP contribution in [0, 0.1) is 5.92 Å². The fraction of sp³-hybridized carbons (Fsp3) is 0.333. The Balaban J connectivity index is 1.77. The Morgan fingerprint density at radius 3 is 3.00 bits per heavy atom. The maximum atomic E-state index is 5.75. The van der Waals surface area contributed by atoms with Crippen LogP contribution in [0.3, 0.4) is 0 Å². The molecule has 2 heterocycles. The number of benzene rings is 1. The Hall–Kier alpha value is -1.94. The van der Waals surface area contributed by atoms with Gasteiger partial charge < -0.3 is 10.1 Å². The average molecular weight is 255 g/mol. The third-order valence-electron chi connectivity index (χ3n) is 3.46. The van der Waals surface area contributed by atoms with Crippen LogP contribution in [0.4, 0.5) is 0 Å². The van der Waals surface area contributed by atoms with Gasteiger partial charge in [0.1, 0.15) is 5.75 Å². The summed E-state index contributed by atoms with van der Waals surface area (Å²) < 4.78 is 5.75. The normalized spacial score (nSPS) is 21.5. The third kappa shape index (κ3) is 2.58. The summed E-state index contributed by atoms with van der Waals surface area (Å²) in [6.07, 6.45) is 1.69. The fourth-order valence-corrected chi connectivity index (χ4v) is 2.45. The summed E-state index contributed by atoms with van der Waals surface area (Å²) in [6, 6.07) is 12.4. The van der Waals surface area contributed by atoms with Crippen LogP contribution < -0.4 is 10.1 Å². The standard InChI is InChI=1S/C15H17N3O/c1-11-10-19-14-7-3-2-6-13(14)15(11)16-9-12-5-4-8-17-18-12/h2-8,11,15-16H,9-10H2,1H3. The summed E-state index contributed by atoms with van der Waals surface area (Å²) in [4.78, 5) is 0. The van der Waals surface area contributed by atoms with Gasteiger partial charge in [-0.2, -0.15) is 10.2 Å². The molecule has 1 N–H and O–H groups in total. The van der Waals surface area contributed by atoms with E-state index in [9.17, 15) is 0 Å². The first-order valence-electron chi connectivity index (χ1n) is 6.56. The molecule has 4 heteroatoms. The molecule has 19 heavy (non-hydrogen) atoms. The highest BCUT2D eigenvalue weighted by Gasteiger charge is 2.27. The topological polar surface area (TPSA) is 47.0 Å². The van der Waals surface area contributed by atoms with E-state index < -0.39 is 0 Å². The van der Waals surface area contributed by atoms with Crippen LogP contribution in [0.2, 0.25) is 0 Å². The number of rotatable bonds is 3. The number of ether oxygens (including phenoxy) is 1. The zero-order valence-corrected chi connectivity index (χ0v) is 10.9. The lowest BCUT2D eigenvalue weighted by Crippen LogP contribution is -2.33. The van der Waals surface area contributed by atoms with Gasteiger partial charge in [-0.1, -0.05) is 25.1 Å². The number of nitrogens with one attached hydrogen (secondary N) is 1. The molecule has 0 spiro atoms. The van der Waals surface area contributed by atoms with Crippen molar-refractivity contribution in [1.82, 2.24) is 15.5 Å². The molecule has 2 unspecified atom stereocenters. The van der Waals surface area contributed by atoms with Crippen molar-refractivity contribution in [2.75, 3.05) is 6.61 Å². The van der Waals surface area contributed by atoms with Crippen molar-refractivity contribution in [2.24, 2.45) is 5.92 Å². The summed E-state index contributed by atoms with van der Waals surface area (Å²) in [7, 11) is 0. The maximum absolute atomic E-state index is 5.75. The minimum absolute atomic E-state index is 0.298. The van der Waals surface area contributed by atoms with Gasteiger partial charge >= 0.3 is 0 Å². The molecule has 0 saturated heterocycles. The van der Waals surface area contributed by atoms with E-state index in [1.165, 1.54) is 5.56 Å². The second-order valence-electron chi connectivity index (χ2n) is 4.90. The zero-order chi connectivity index (χ0) is 13.1. The Kier molecular flexibility index (Phi) is 3.42. The molecule has 0 fully saturated rings. The number of hydrogen-bond acceptors (Lipinski definition) is 4. The molecule has 0 saturated carbocycles. The molecule has 1 aliphatic heterocycles. The summed E-state index contributed by atoms with van der Waals surface area (Å²) in [5.74, 6) is 1.42. The first kappa shape index (κ1) is 12.1. The molecule has 0 aliphatic carbocycles. The molecule has 1 aromatic carbocycles. The minimum Gasteiger partial charge on any atom is -0.493 e. The van der Waals surface area contributed by atoms with E-state index in [-0.39, 0.29) is 0 Å². The van der Waals surface area contributed by atoms with Crippen molar-refractivity contribution in [1.29, 1.82) is 0 Å². The number of nitrogens with zero attached hydrogens (tertiary/aromatic N) is 2. The van der Waals surface area contributed by atoms with Crippen LogP contribution in [-0.4, -0.2) is 16.8 Å². The smallest absolute Gasteiger partial charge is 0.124 e. The van der Waals surface area contributed by atoms with Gasteiger partial charge in [0.15, 0.2) is 0 Å². The van der Waals surface area contributed by atoms with Gasteiger partial charge in [-0.05, 0) is 18.2 Å². The van der Waals surface area contributed by atoms with Crippen LogP contribution in [0.25, 0.3) is 0 Å². The molecule has 1 aromatic heterocycles. The second kappa shape index (κ2) is 5.36. The number of para-hydroxylation sites is 1. The Morgan fingerprint density at radius 1 is 1.26 bits per heavy atom. The monoisotopic (exact) mass is 255 g/mol. The molecule has 2 atom stereocenters. The van der Waals surface area contributed by atoms with Crippen molar-refractivity contribution < 1.29 is 4.74 Å². The minimum atomic E-state index is 0.298. The maximum Gasteiger partial charge on any atom is 0.124 e. The molecular formula is C15H17N3O. The number of hydrogen-bond donors (Lipinski definition) is 1. The Morgan fingerprint density at radius 2 is 2.16 bits per heavy atom. The predicted octanol–water partition coefficient (Wildman–Crippen LogP) is 2.34. The lowest BCUT2D eigenvalue weighted by molar-refractivity contribution is 0.187. The Bertz CT molecular complexity index is 544. The van der Waals surface area contributed by atoms with E-state index in [1.807, 2.05) is 24.3 Å². The van der Waals surface area contributed by atoms with E-state index in [4.69, 9.17) is 4.74 Å². The quantitative estimate of drug-likeness (QED) is 0.914. The van der Waals surface area contributed by atoms with Gasteiger partial charge in [0.2, 0.25) is 0 Å². The highest BCUT2D eigenvalue weighted by Crippen LogP contribution is 2.34. The van der Waals surface area contributed by atoms with Gasteiger partial charge in [0.05, 0.1) is 12.3 Å². The van der Waals surface area contributed by atoms with Gasteiger partial charge in [-0.15, -0.1) is 0 Å². The van der Waals surface area contributed by atoms with Gasteiger partial charge in [-0.3, -0.25) is 0 Å². The summed E-state index contributed by atoms with van der Waals surface area (Å²) in [5, 5.41) is 11.6. The SMILES string of the molecule is CC1COc2ccccc2C1NCc1cccnn1. The van der Waals surface area contributed by atoms with Crippen molar-refractivity contribution in [3.8, 4) is 5.75 Å². The van der Waals surface area contributed by atoms with Crippen LogP contribution >= 0.6 is 0 Å². The molecule has 3 rings (SSSR count). The van der Waals surface area contributed by atoms with E-state index in [2.05, 4.69) is 34.6 Å². The Labute approximate surface area is 112 Å². The van der Waals surface area contributed by atoms with Crippen molar-refractivity contribution in [3.05, 3.63) is 53.9 Å². The number of fused-ring (bicyclic) bond motifs is 1. The summed E-state index contributed by atoms with van der Waals surface area (Å²) in [5.41, 5.74) is 2.18. The van der Waals surface area contributed by atoms with Crippen molar-refractivity contribution >= 4 is 0 Å². The molecule has 0 bridgehead atoms. The molecular weight excluding hydrogens is 238 g/mol. The lowest BCUT2D eigenvalue weighted by Gasteiger charge is -2.32. The van der Waals surface area contributed by atoms with Crippen LogP contribution in [0.15, 0.2) is 42.6 Å². The highest BCUT2D eigenvalue weighted by molar-refractivity contribution is 5.37.